The van der Waals surface area contributed by atoms with Crippen LogP contribution in [0.3, 0.4) is 0 Å². The van der Waals surface area contributed by atoms with Crippen LogP contribution in [-0.4, -0.2) is 42.9 Å². The van der Waals surface area contributed by atoms with Crippen molar-refractivity contribution in [3.63, 3.8) is 0 Å². The normalized spacial score (nSPS) is 11.3. The van der Waals surface area contributed by atoms with Crippen molar-refractivity contribution < 1.29 is 13.0 Å². The number of hydrogen-bond donors (Lipinski definition) is 7. The average Bonchev–Trinajstić information content (AvgIpc) is 3.05. The van der Waals surface area contributed by atoms with E-state index in [0.717, 1.165) is 16.9 Å². The van der Waals surface area contributed by atoms with Crippen LogP contribution in [0.1, 0.15) is 11.1 Å². The van der Waals surface area contributed by atoms with Crippen molar-refractivity contribution in [1.82, 2.24) is 29.9 Å². The third-order valence-corrected chi connectivity index (χ3v) is 7.44. The number of anilines is 10. The van der Waals surface area contributed by atoms with Crippen LogP contribution in [0.25, 0.3) is 12.2 Å². The molecule has 0 atom stereocenters. The van der Waals surface area contributed by atoms with Gasteiger partial charge in [0.05, 0.1) is 0 Å². The maximum absolute atomic E-state index is 12.3. The average molecular weight is 661 g/mol. The number of nitrogen functional groups attached to an aromatic ring is 2. The Morgan fingerprint density at radius 2 is 0.938 bits per heavy atom. The van der Waals surface area contributed by atoms with Gasteiger partial charge in [-0.05, 0) is 59.7 Å². The summed E-state index contributed by atoms with van der Waals surface area (Å²) in [6.45, 7) is 0. The van der Waals surface area contributed by atoms with Gasteiger partial charge in [-0.25, -0.2) is 0 Å². The maximum atomic E-state index is 12.3. The number of hydrogen-bond acceptors (Lipinski definition) is 14. The van der Waals surface area contributed by atoms with Gasteiger partial charge in [-0.15, -0.1) is 0 Å². The molecule has 15 nitrogen and oxygen atoms in total. The highest BCUT2D eigenvalue weighted by molar-refractivity contribution is 7.86. The minimum Gasteiger partial charge on any atom is -0.368 e. The summed E-state index contributed by atoms with van der Waals surface area (Å²) in [6, 6.07) is 30.3. The summed E-state index contributed by atoms with van der Waals surface area (Å²) >= 11 is 0. The summed E-state index contributed by atoms with van der Waals surface area (Å²) < 4.78 is 34.7. The van der Waals surface area contributed by atoms with Gasteiger partial charge in [0.15, 0.2) is 0 Å². The van der Waals surface area contributed by atoms with E-state index in [1.165, 1.54) is 12.1 Å². The fraction of sp³-hybridized carbons (Fsp3) is 0. The third kappa shape index (κ3) is 8.33. The van der Waals surface area contributed by atoms with Crippen molar-refractivity contribution in [2.24, 2.45) is 0 Å². The molecule has 16 heteroatoms. The van der Waals surface area contributed by atoms with Gasteiger partial charge >= 0.3 is 0 Å². The van der Waals surface area contributed by atoms with Gasteiger partial charge in [0.2, 0.25) is 35.7 Å². The number of nitrogens with zero attached hydrogens (tertiary/aromatic N) is 6. The van der Waals surface area contributed by atoms with Gasteiger partial charge in [-0.1, -0.05) is 66.7 Å². The standard InChI is InChI=1S/C32H28N12O3S/c33-27-39-29(35-22-7-3-1-4-8-22)43-31(41-27)37-24-16-12-20(13-17-24)11-14-21-15-18-25(19-26(21)48(45,46)47)38-32-42-28(34)40-30(44-32)36-23-9-5-2-6-10-23/h1-19H,(H,45,46,47)(H4,33,35,37,39,41,43)(H4,34,36,38,40,42,44)/b14-11+. The quantitative estimate of drug-likeness (QED) is 0.0661. The Balaban J connectivity index is 1.15. The first kappa shape index (κ1) is 31.3. The van der Waals surface area contributed by atoms with Crippen LogP contribution in [0.15, 0.2) is 108 Å². The second-order valence-electron chi connectivity index (χ2n) is 10.1. The van der Waals surface area contributed by atoms with Gasteiger partial charge in [0.1, 0.15) is 4.90 Å². The Morgan fingerprint density at radius 1 is 0.521 bits per heavy atom. The molecule has 0 radical (unpaired) electrons. The zero-order chi connectivity index (χ0) is 33.5. The van der Waals surface area contributed by atoms with Crippen LogP contribution >= 0.6 is 0 Å². The molecule has 240 valence electrons. The number of nitrogens with two attached hydrogens (primary N) is 2. The molecular weight excluding hydrogens is 633 g/mol. The van der Waals surface area contributed by atoms with Crippen LogP contribution < -0.4 is 32.7 Å². The van der Waals surface area contributed by atoms with E-state index in [-0.39, 0.29) is 46.1 Å². The fourth-order valence-corrected chi connectivity index (χ4v) is 5.11. The van der Waals surface area contributed by atoms with Gasteiger partial charge < -0.3 is 32.7 Å². The minimum atomic E-state index is -4.60. The molecule has 0 saturated heterocycles. The fourth-order valence-electron chi connectivity index (χ4n) is 4.40. The van der Waals surface area contributed by atoms with Gasteiger partial charge in [0.25, 0.3) is 10.1 Å². The van der Waals surface area contributed by atoms with Crippen LogP contribution in [-0.2, 0) is 10.1 Å². The van der Waals surface area contributed by atoms with Crippen molar-refractivity contribution in [1.29, 1.82) is 0 Å². The summed E-state index contributed by atoms with van der Waals surface area (Å²) in [5, 5.41) is 12.1. The van der Waals surface area contributed by atoms with E-state index in [1.54, 1.807) is 30.4 Å². The van der Waals surface area contributed by atoms with Crippen LogP contribution in [0, 0.1) is 0 Å². The number of aromatic nitrogens is 6. The predicted molar refractivity (Wildman–Crippen MR) is 186 cm³/mol. The Kier molecular flexibility index (Phi) is 8.99. The first-order valence-electron chi connectivity index (χ1n) is 14.3. The van der Waals surface area contributed by atoms with Gasteiger partial charge in [0, 0.05) is 22.7 Å². The lowest BCUT2D eigenvalue weighted by molar-refractivity contribution is 0.483. The molecule has 0 amide bonds. The van der Waals surface area contributed by atoms with Crippen molar-refractivity contribution >= 4 is 80.7 Å². The van der Waals surface area contributed by atoms with E-state index >= 15 is 0 Å². The topological polar surface area (TPSA) is 232 Å². The summed E-state index contributed by atoms with van der Waals surface area (Å²) in [4.78, 5) is 24.8. The largest absolute Gasteiger partial charge is 0.368 e. The first-order valence-corrected chi connectivity index (χ1v) is 15.7. The molecule has 9 N–H and O–H groups in total. The van der Waals surface area contributed by atoms with E-state index < -0.39 is 10.1 Å². The van der Waals surface area contributed by atoms with E-state index in [2.05, 4.69) is 51.2 Å². The predicted octanol–water partition coefficient (Wildman–Crippen LogP) is 5.61. The van der Waals surface area contributed by atoms with Crippen molar-refractivity contribution in [2.75, 3.05) is 32.7 Å². The minimum absolute atomic E-state index is 0.0450. The molecule has 0 aliphatic heterocycles. The smallest absolute Gasteiger partial charge is 0.295 e. The molecular formula is C32H28N12O3S. The molecule has 0 unspecified atom stereocenters. The number of benzene rings is 4. The van der Waals surface area contributed by atoms with E-state index in [0.29, 0.717) is 11.4 Å². The van der Waals surface area contributed by atoms with Crippen molar-refractivity contribution in [3.05, 3.63) is 114 Å². The molecule has 0 fully saturated rings. The molecule has 0 saturated carbocycles. The highest BCUT2D eigenvalue weighted by Crippen LogP contribution is 2.26. The lowest BCUT2D eigenvalue weighted by Crippen LogP contribution is -2.08. The molecule has 0 bridgehead atoms. The summed E-state index contributed by atoms with van der Waals surface area (Å²) in [6.07, 6.45) is 3.28. The van der Waals surface area contributed by atoms with Crippen molar-refractivity contribution in [2.45, 2.75) is 4.90 Å². The summed E-state index contributed by atoms with van der Waals surface area (Å²) in [7, 11) is -4.60. The second-order valence-corrected chi connectivity index (χ2v) is 11.5. The second kappa shape index (κ2) is 13.8. The highest BCUT2D eigenvalue weighted by Gasteiger charge is 2.16. The molecule has 0 aliphatic carbocycles. The molecule has 2 heterocycles. The molecule has 4 aromatic carbocycles. The zero-order valence-electron chi connectivity index (χ0n) is 25.0. The molecule has 48 heavy (non-hydrogen) atoms. The zero-order valence-corrected chi connectivity index (χ0v) is 25.8. The summed E-state index contributed by atoms with van der Waals surface area (Å²) in [5.41, 5.74) is 15.3. The Hall–Kier alpha value is -6.65. The number of para-hydroxylation sites is 2. The number of nitrogens with one attached hydrogen (secondary N) is 4. The Bertz CT molecular complexity index is 2190. The lowest BCUT2D eigenvalue weighted by Gasteiger charge is -2.11. The van der Waals surface area contributed by atoms with Crippen LogP contribution in [0.2, 0.25) is 0 Å². The molecule has 6 aromatic rings. The van der Waals surface area contributed by atoms with E-state index in [1.807, 2.05) is 72.8 Å². The van der Waals surface area contributed by atoms with Crippen molar-refractivity contribution in [3.8, 4) is 0 Å². The lowest BCUT2D eigenvalue weighted by atomic mass is 10.1. The monoisotopic (exact) mass is 660 g/mol. The molecule has 6 rings (SSSR count). The van der Waals surface area contributed by atoms with Crippen LogP contribution in [0.5, 0.6) is 0 Å². The van der Waals surface area contributed by atoms with E-state index in [9.17, 15) is 13.0 Å². The Morgan fingerprint density at radius 3 is 1.40 bits per heavy atom. The maximum Gasteiger partial charge on any atom is 0.295 e. The summed E-state index contributed by atoms with van der Waals surface area (Å²) in [5.74, 6) is 0.789. The number of rotatable bonds is 11. The molecule has 0 spiro atoms. The SMILES string of the molecule is Nc1nc(Nc2ccccc2)nc(Nc2ccc(/C=C/c3ccc(Nc4nc(N)nc(Nc5ccccc5)n4)cc3S(=O)(=O)O)cc2)n1. The molecule has 0 aliphatic rings. The Labute approximate surface area is 275 Å². The highest BCUT2D eigenvalue weighted by atomic mass is 32.2. The third-order valence-electron chi connectivity index (χ3n) is 6.54. The van der Waals surface area contributed by atoms with E-state index in [4.69, 9.17) is 11.5 Å². The first-order chi connectivity index (χ1) is 23.2. The van der Waals surface area contributed by atoms with Crippen LogP contribution in [0.4, 0.5) is 58.4 Å². The van der Waals surface area contributed by atoms with Gasteiger partial charge in [-0.2, -0.15) is 38.3 Å². The molecule has 2 aromatic heterocycles. The van der Waals surface area contributed by atoms with Gasteiger partial charge in [-0.3, -0.25) is 4.55 Å².